The molecular weight excluding hydrogens is 792 g/mol. The number of imide groups is 1. The summed E-state index contributed by atoms with van der Waals surface area (Å²) in [4.78, 5) is 78.7. The number of anilines is 1. The minimum Gasteiger partial charge on any atom is -0.508 e. The monoisotopic (exact) mass is 830 g/mol. The highest BCUT2D eigenvalue weighted by molar-refractivity contribution is 6.32. The smallest absolute Gasteiger partial charge is 0.347 e. The van der Waals surface area contributed by atoms with Crippen molar-refractivity contribution in [3.63, 3.8) is 0 Å². The van der Waals surface area contributed by atoms with Crippen molar-refractivity contribution in [3.8, 4) is 23.0 Å². The fourth-order valence-corrected chi connectivity index (χ4v) is 9.80. The van der Waals surface area contributed by atoms with Crippen molar-refractivity contribution in [2.45, 2.75) is 43.3 Å². The Hall–Kier alpha value is -6.87. The van der Waals surface area contributed by atoms with E-state index in [4.69, 9.17) is 25.8 Å². The molecule has 4 aromatic carbocycles. The second-order valence-electron chi connectivity index (χ2n) is 15.1. The Labute approximate surface area is 346 Å². The van der Waals surface area contributed by atoms with Crippen LogP contribution < -0.4 is 36.0 Å². The van der Waals surface area contributed by atoms with Gasteiger partial charge in [-0.25, -0.2) is 33.4 Å². The summed E-state index contributed by atoms with van der Waals surface area (Å²) in [5, 5.41) is 10.9. The van der Waals surface area contributed by atoms with E-state index in [1.165, 1.54) is 52.3 Å². The summed E-state index contributed by atoms with van der Waals surface area (Å²) in [7, 11) is 6.05. The number of aryl methyl sites for hydroxylation is 2. The Morgan fingerprint density at radius 3 is 2.30 bits per heavy atom. The zero-order chi connectivity index (χ0) is 42.2. The summed E-state index contributed by atoms with van der Waals surface area (Å²) in [6, 6.07) is 22.6. The van der Waals surface area contributed by atoms with Gasteiger partial charge >= 0.3 is 11.4 Å². The molecule has 2 fully saturated rings. The third kappa shape index (κ3) is 5.55. The van der Waals surface area contributed by atoms with Gasteiger partial charge in [0.15, 0.2) is 11.5 Å². The van der Waals surface area contributed by atoms with Crippen LogP contribution in [-0.2, 0) is 41.6 Å². The lowest BCUT2D eigenvalue weighted by Gasteiger charge is -2.49. The largest absolute Gasteiger partial charge is 0.508 e. The standard InChI is InChI=1S/C44H39ClN6O9/c1-47-34-23-37(60-4)36(59-3)22-32(34)46-31(40(47)54)16-17-48-42(56)49-18-15-28-33(51(49)43(48)57)21-30-39(53)50(26-12-8-11-25(45)19-26)41(55)44(30,24-9-6-5-7-10-24)38(28)29-14-13-27(52)20-35(29)58-2/h5-15,19-20,22-23,30,33,38,52H,16-18,21H2,1-4H3/t30-,33+,38+,44+/m0/s1. The number of rotatable bonds is 9. The maximum atomic E-state index is 15.5. The summed E-state index contributed by atoms with van der Waals surface area (Å²) in [6.07, 6.45) is 1.78. The molecule has 1 saturated carbocycles. The predicted octanol–water partition coefficient (Wildman–Crippen LogP) is 4.48. The highest BCUT2D eigenvalue weighted by atomic mass is 35.5. The van der Waals surface area contributed by atoms with Crippen molar-refractivity contribution in [3.05, 3.63) is 150 Å². The molecule has 306 valence electrons. The topological polar surface area (TPSA) is 169 Å². The van der Waals surface area contributed by atoms with Gasteiger partial charge in [0.1, 0.15) is 17.2 Å². The van der Waals surface area contributed by atoms with E-state index in [-0.39, 0.29) is 43.1 Å². The average Bonchev–Trinajstić information content (AvgIpc) is 3.64. The second-order valence-corrected chi connectivity index (χ2v) is 15.5. The minimum absolute atomic E-state index is 0.0132. The molecule has 3 aliphatic rings. The molecule has 16 heteroatoms. The van der Waals surface area contributed by atoms with E-state index in [0.717, 1.165) is 4.57 Å². The fourth-order valence-electron chi connectivity index (χ4n) is 9.62. The fraction of sp³-hybridized carbons (Fsp3) is 0.273. The lowest BCUT2D eigenvalue weighted by atomic mass is 9.53. The number of carbonyl (C=O) groups excluding carboxylic acids is 2. The molecule has 2 amide bonds. The van der Waals surface area contributed by atoms with E-state index in [1.54, 1.807) is 61.6 Å². The van der Waals surface area contributed by atoms with Crippen LogP contribution in [0.25, 0.3) is 11.0 Å². The van der Waals surface area contributed by atoms with Gasteiger partial charge in [-0.2, -0.15) is 0 Å². The number of amides is 2. The molecule has 1 aliphatic carbocycles. The molecule has 60 heavy (non-hydrogen) atoms. The molecule has 15 nitrogen and oxygen atoms in total. The van der Waals surface area contributed by atoms with E-state index in [0.29, 0.717) is 49.9 Å². The van der Waals surface area contributed by atoms with Gasteiger partial charge in [-0.3, -0.25) is 14.4 Å². The van der Waals surface area contributed by atoms with Crippen LogP contribution in [0.15, 0.2) is 111 Å². The van der Waals surface area contributed by atoms with Crippen LogP contribution in [0.2, 0.25) is 5.02 Å². The first-order valence-corrected chi connectivity index (χ1v) is 19.6. The lowest BCUT2D eigenvalue weighted by molar-refractivity contribution is -0.124. The van der Waals surface area contributed by atoms with Gasteiger partial charge in [-0.05, 0) is 41.8 Å². The number of benzene rings is 4. The zero-order valence-corrected chi connectivity index (χ0v) is 33.8. The van der Waals surface area contributed by atoms with E-state index >= 15 is 9.59 Å². The molecule has 4 heterocycles. The third-order valence-electron chi connectivity index (χ3n) is 12.3. The number of carbonyl (C=O) groups is 2. The van der Waals surface area contributed by atoms with Crippen LogP contribution >= 0.6 is 11.6 Å². The van der Waals surface area contributed by atoms with Crippen molar-refractivity contribution in [2.75, 3.05) is 26.2 Å². The van der Waals surface area contributed by atoms with Gasteiger partial charge in [-0.15, -0.1) is 0 Å². The minimum atomic E-state index is -1.56. The summed E-state index contributed by atoms with van der Waals surface area (Å²) < 4.78 is 21.9. The first-order valence-electron chi connectivity index (χ1n) is 19.2. The first kappa shape index (κ1) is 38.6. The third-order valence-corrected chi connectivity index (χ3v) is 12.5. The van der Waals surface area contributed by atoms with Crippen molar-refractivity contribution < 1.29 is 28.9 Å². The predicted molar refractivity (Wildman–Crippen MR) is 221 cm³/mol. The van der Waals surface area contributed by atoms with Crippen LogP contribution in [0.1, 0.15) is 35.2 Å². The number of aromatic hydroxyl groups is 1. The van der Waals surface area contributed by atoms with Gasteiger partial charge in [0.05, 0.1) is 62.0 Å². The van der Waals surface area contributed by atoms with Gasteiger partial charge in [-0.1, -0.05) is 60.1 Å². The number of phenols is 1. The number of aromatic nitrogens is 5. The molecule has 2 aliphatic heterocycles. The number of allylic oxidation sites excluding steroid dienone is 2. The molecule has 0 radical (unpaired) electrons. The molecule has 1 N–H and O–H groups in total. The molecule has 4 atom stereocenters. The molecular formula is C44H39ClN6O9. The highest BCUT2D eigenvalue weighted by Gasteiger charge is 2.69. The molecule has 1 saturated heterocycles. The van der Waals surface area contributed by atoms with E-state index in [1.807, 2.05) is 24.3 Å². The summed E-state index contributed by atoms with van der Waals surface area (Å²) in [5.41, 5.74) is -0.109. The Balaban J connectivity index is 1.19. The number of hydrogen-bond donors (Lipinski definition) is 1. The Bertz CT molecular complexity index is 2990. The number of hydrogen-bond acceptors (Lipinski definition) is 10. The van der Waals surface area contributed by atoms with E-state index in [2.05, 4.69) is 4.98 Å². The number of halogens is 1. The first-order chi connectivity index (χ1) is 28.9. The van der Waals surface area contributed by atoms with Gasteiger partial charge < -0.3 is 23.9 Å². The Morgan fingerprint density at radius 2 is 1.58 bits per heavy atom. The summed E-state index contributed by atoms with van der Waals surface area (Å²) in [5.74, 6) is -1.90. The Kier molecular flexibility index (Phi) is 9.30. The normalized spacial score (nSPS) is 20.7. The maximum absolute atomic E-state index is 15.5. The number of fused-ring (bicyclic) bond motifs is 5. The van der Waals surface area contributed by atoms with Crippen molar-refractivity contribution >= 4 is 40.1 Å². The molecule has 0 bridgehead atoms. The summed E-state index contributed by atoms with van der Waals surface area (Å²) in [6.45, 7) is -0.197. The van der Waals surface area contributed by atoms with E-state index in [9.17, 15) is 19.5 Å². The average molecular weight is 831 g/mol. The van der Waals surface area contributed by atoms with Crippen LogP contribution in [0.3, 0.4) is 0 Å². The lowest BCUT2D eigenvalue weighted by Crippen LogP contribution is -2.53. The number of nitrogens with zero attached hydrogens (tertiary/aromatic N) is 6. The SMILES string of the molecule is COc1cc2nc(CCn3c(=O)n4n(c3=O)[C@@H]3C[C@H]5C(=O)N(c6cccc(Cl)c6)C(=O)[C@@]5(c5ccccc5)[C@@H](c5ccc(O)cc5OC)C3=CC4)c(=O)n(C)c2cc1OC. The molecule has 0 spiro atoms. The van der Waals surface area contributed by atoms with Gasteiger partial charge in [0, 0.05) is 54.7 Å². The Morgan fingerprint density at radius 1 is 0.850 bits per heavy atom. The van der Waals surface area contributed by atoms with Gasteiger partial charge in [0.25, 0.3) is 5.56 Å². The van der Waals surface area contributed by atoms with Crippen molar-refractivity contribution in [1.82, 2.24) is 23.5 Å². The quantitative estimate of drug-likeness (QED) is 0.162. The van der Waals surface area contributed by atoms with Crippen LogP contribution in [0.5, 0.6) is 23.0 Å². The second kappa shape index (κ2) is 14.4. The van der Waals surface area contributed by atoms with Crippen LogP contribution in [0.4, 0.5) is 5.69 Å². The number of phenolic OH excluding ortho intramolecular Hbond substituents is 1. The zero-order valence-electron chi connectivity index (χ0n) is 33.0. The molecule has 2 aromatic heterocycles. The highest BCUT2D eigenvalue weighted by Crippen LogP contribution is 2.63. The van der Waals surface area contributed by atoms with Gasteiger partial charge in [0.2, 0.25) is 11.8 Å². The number of ether oxygens (including phenoxy) is 3. The number of methoxy groups -OCH3 is 3. The van der Waals surface area contributed by atoms with Crippen LogP contribution in [-0.4, -0.2) is 61.7 Å². The maximum Gasteiger partial charge on any atom is 0.347 e. The summed E-state index contributed by atoms with van der Waals surface area (Å²) >= 11 is 6.42. The molecule has 6 aromatic rings. The van der Waals surface area contributed by atoms with E-state index < -0.39 is 52.0 Å². The molecule has 9 rings (SSSR count). The van der Waals surface area contributed by atoms with Crippen LogP contribution in [0, 0.1) is 5.92 Å². The van der Waals surface area contributed by atoms with Crippen molar-refractivity contribution in [1.29, 1.82) is 0 Å². The van der Waals surface area contributed by atoms with Crippen molar-refractivity contribution in [2.24, 2.45) is 13.0 Å². The molecule has 0 unspecified atom stereocenters.